The van der Waals surface area contributed by atoms with Gasteiger partial charge in [0.1, 0.15) is 0 Å². The summed E-state index contributed by atoms with van der Waals surface area (Å²) in [4.78, 5) is 4.50. The Morgan fingerprint density at radius 2 is 2.11 bits per heavy atom. The summed E-state index contributed by atoms with van der Waals surface area (Å²) in [6.07, 6.45) is 6.52. The minimum atomic E-state index is 0.451. The highest BCUT2D eigenvalue weighted by molar-refractivity contribution is 5.17. The van der Waals surface area contributed by atoms with Gasteiger partial charge in [-0.2, -0.15) is 0 Å². The van der Waals surface area contributed by atoms with Crippen LogP contribution < -0.4 is 10.1 Å². The first-order valence-electron chi connectivity index (χ1n) is 7.59. The molecule has 0 aliphatic heterocycles. The zero-order valence-corrected chi connectivity index (χ0v) is 12.2. The second kappa shape index (κ2) is 7.49. The summed E-state index contributed by atoms with van der Waals surface area (Å²) in [5.41, 5.74) is 1.10. The average molecular weight is 262 g/mol. The Balaban J connectivity index is 1.63. The molecule has 1 N–H and O–H groups in total. The molecule has 0 radical (unpaired) electrons. The molecule has 0 amide bonds. The summed E-state index contributed by atoms with van der Waals surface area (Å²) in [6, 6.07) is 6.77. The largest absolute Gasteiger partial charge is 0.478 e. The zero-order chi connectivity index (χ0) is 13.5. The summed E-state index contributed by atoms with van der Waals surface area (Å²) >= 11 is 0. The molecule has 19 heavy (non-hydrogen) atoms. The van der Waals surface area contributed by atoms with Gasteiger partial charge in [-0.05, 0) is 37.8 Å². The van der Waals surface area contributed by atoms with Crippen molar-refractivity contribution in [2.75, 3.05) is 13.2 Å². The third kappa shape index (κ3) is 4.83. The molecule has 0 atom stereocenters. The van der Waals surface area contributed by atoms with Crippen molar-refractivity contribution in [1.82, 2.24) is 10.3 Å². The molecule has 1 fully saturated rings. The Hall–Kier alpha value is -1.09. The van der Waals surface area contributed by atoms with Crippen molar-refractivity contribution in [2.45, 2.75) is 57.9 Å². The van der Waals surface area contributed by atoms with E-state index in [4.69, 9.17) is 4.74 Å². The number of hydrogen-bond donors (Lipinski definition) is 1. The van der Waals surface area contributed by atoms with E-state index in [2.05, 4.69) is 30.2 Å². The van der Waals surface area contributed by atoms with Gasteiger partial charge in [0.2, 0.25) is 5.88 Å². The Bertz CT molecular complexity index is 373. The quantitative estimate of drug-likeness (QED) is 0.764. The fraction of sp³-hybridized carbons (Fsp3) is 0.688. The van der Waals surface area contributed by atoms with E-state index < -0.39 is 0 Å². The van der Waals surface area contributed by atoms with Crippen molar-refractivity contribution < 1.29 is 4.74 Å². The van der Waals surface area contributed by atoms with Gasteiger partial charge in [0.15, 0.2) is 0 Å². The molecule has 3 nitrogen and oxygen atoms in total. The maximum Gasteiger partial charge on any atom is 0.213 e. The van der Waals surface area contributed by atoms with Crippen LogP contribution in [0.15, 0.2) is 18.2 Å². The molecule has 0 spiro atoms. The lowest BCUT2D eigenvalue weighted by atomic mass is 10.1. The summed E-state index contributed by atoms with van der Waals surface area (Å²) in [6.45, 7) is 6.10. The van der Waals surface area contributed by atoms with Crippen molar-refractivity contribution in [2.24, 2.45) is 0 Å². The molecule has 2 rings (SSSR count). The molecule has 1 aromatic heterocycles. The molecule has 0 unspecified atom stereocenters. The van der Waals surface area contributed by atoms with Gasteiger partial charge in [-0.15, -0.1) is 0 Å². The monoisotopic (exact) mass is 262 g/mol. The standard InChI is InChI=1S/C16H26N2O/c1-13(2)15-9-5-10-16(18-15)19-12-6-11-17-14-7-3-4-8-14/h5,9-10,13-14,17H,3-4,6-8,11-12H2,1-2H3. The van der Waals surface area contributed by atoms with Crippen molar-refractivity contribution >= 4 is 0 Å². The van der Waals surface area contributed by atoms with Gasteiger partial charge in [0.05, 0.1) is 6.61 Å². The van der Waals surface area contributed by atoms with Crippen LogP contribution in [-0.2, 0) is 0 Å². The van der Waals surface area contributed by atoms with Crippen LogP contribution in [-0.4, -0.2) is 24.2 Å². The molecule has 1 aromatic rings. The van der Waals surface area contributed by atoms with E-state index >= 15 is 0 Å². The van der Waals surface area contributed by atoms with Crippen LogP contribution in [0.4, 0.5) is 0 Å². The van der Waals surface area contributed by atoms with Gasteiger partial charge < -0.3 is 10.1 Å². The molecule has 1 heterocycles. The van der Waals surface area contributed by atoms with Gasteiger partial charge in [-0.3, -0.25) is 0 Å². The van der Waals surface area contributed by atoms with Gasteiger partial charge in [0.25, 0.3) is 0 Å². The Morgan fingerprint density at radius 1 is 1.32 bits per heavy atom. The summed E-state index contributed by atoms with van der Waals surface area (Å²) in [7, 11) is 0. The Morgan fingerprint density at radius 3 is 2.84 bits per heavy atom. The Kier molecular flexibility index (Phi) is 5.64. The van der Waals surface area contributed by atoms with Gasteiger partial charge in [0, 0.05) is 17.8 Å². The molecule has 3 heteroatoms. The van der Waals surface area contributed by atoms with Crippen LogP contribution in [0.1, 0.15) is 57.6 Å². The molecule has 0 bridgehead atoms. The minimum absolute atomic E-state index is 0.451. The van der Waals surface area contributed by atoms with Crippen LogP contribution in [0.25, 0.3) is 0 Å². The van der Waals surface area contributed by atoms with E-state index in [1.54, 1.807) is 0 Å². The minimum Gasteiger partial charge on any atom is -0.478 e. The lowest BCUT2D eigenvalue weighted by Gasteiger charge is -2.12. The third-order valence-corrected chi connectivity index (χ3v) is 3.70. The lowest BCUT2D eigenvalue weighted by Crippen LogP contribution is -2.27. The molecule has 1 saturated carbocycles. The molecule has 1 aliphatic carbocycles. The molecule has 1 aliphatic rings. The van der Waals surface area contributed by atoms with E-state index in [0.29, 0.717) is 5.92 Å². The normalized spacial score (nSPS) is 16.2. The van der Waals surface area contributed by atoms with Crippen LogP contribution >= 0.6 is 0 Å². The maximum atomic E-state index is 5.71. The highest BCUT2D eigenvalue weighted by Crippen LogP contribution is 2.17. The fourth-order valence-electron chi connectivity index (χ4n) is 2.52. The summed E-state index contributed by atoms with van der Waals surface area (Å²) < 4.78 is 5.71. The smallest absolute Gasteiger partial charge is 0.213 e. The van der Waals surface area contributed by atoms with Crippen molar-refractivity contribution in [3.8, 4) is 5.88 Å². The second-order valence-electron chi connectivity index (χ2n) is 5.69. The number of rotatable bonds is 7. The van der Waals surface area contributed by atoms with Gasteiger partial charge in [-0.1, -0.05) is 32.8 Å². The van der Waals surface area contributed by atoms with Crippen molar-refractivity contribution in [1.29, 1.82) is 0 Å². The van der Waals surface area contributed by atoms with E-state index in [1.807, 2.05) is 12.1 Å². The number of ether oxygens (including phenoxy) is 1. The van der Waals surface area contributed by atoms with E-state index in [9.17, 15) is 0 Å². The van der Waals surface area contributed by atoms with Crippen molar-refractivity contribution in [3.05, 3.63) is 23.9 Å². The van der Waals surface area contributed by atoms with Gasteiger partial charge in [-0.25, -0.2) is 4.98 Å². The van der Waals surface area contributed by atoms with Gasteiger partial charge >= 0.3 is 0 Å². The van der Waals surface area contributed by atoms with Crippen molar-refractivity contribution in [3.63, 3.8) is 0 Å². The van der Waals surface area contributed by atoms with Crippen LogP contribution in [0, 0.1) is 0 Å². The predicted octanol–water partition coefficient (Wildman–Crippen LogP) is 3.51. The molecule has 106 valence electrons. The first-order valence-corrected chi connectivity index (χ1v) is 7.59. The van der Waals surface area contributed by atoms with E-state index in [0.717, 1.165) is 37.2 Å². The zero-order valence-electron chi connectivity index (χ0n) is 12.2. The van der Waals surface area contributed by atoms with E-state index in [1.165, 1.54) is 25.7 Å². The first kappa shape index (κ1) is 14.3. The summed E-state index contributed by atoms with van der Waals surface area (Å²) in [5, 5.41) is 3.60. The third-order valence-electron chi connectivity index (χ3n) is 3.70. The topological polar surface area (TPSA) is 34.1 Å². The van der Waals surface area contributed by atoms with E-state index in [-0.39, 0.29) is 0 Å². The molecular formula is C16H26N2O. The number of nitrogens with zero attached hydrogens (tertiary/aromatic N) is 1. The molecule has 0 aromatic carbocycles. The second-order valence-corrected chi connectivity index (χ2v) is 5.69. The first-order chi connectivity index (χ1) is 9.25. The molecule has 0 saturated heterocycles. The number of pyridine rings is 1. The Labute approximate surface area is 116 Å². The lowest BCUT2D eigenvalue weighted by molar-refractivity contribution is 0.292. The summed E-state index contributed by atoms with van der Waals surface area (Å²) in [5.74, 6) is 1.21. The van der Waals surface area contributed by atoms with Crippen LogP contribution in [0.2, 0.25) is 0 Å². The average Bonchev–Trinajstić information content (AvgIpc) is 2.92. The molecular weight excluding hydrogens is 236 g/mol. The number of hydrogen-bond acceptors (Lipinski definition) is 3. The number of nitrogens with one attached hydrogen (secondary N) is 1. The predicted molar refractivity (Wildman–Crippen MR) is 78.7 cm³/mol. The SMILES string of the molecule is CC(C)c1cccc(OCCCNC2CCCC2)n1. The van der Waals surface area contributed by atoms with Crippen LogP contribution in [0.5, 0.6) is 5.88 Å². The highest BCUT2D eigenvalue weighted by atomic mass is 16.5. The fourth-order valence-corrected chi connectivity index (χ4v) is 2.52. The number of aromatic nitrogens is 1. The van der Waals surface area contributed by atoms with Crippen LogP contribution in [0.3, 0.4) is 0 Å². The highest BCUT2D eigenvalue weighted by Gasteiger charge is 2.13. The maximum absolute atomic E-state index is 5.71.